The molecule has 1 aromatic heterocycles. The van der Waals surface area contributed by atoms with Gasteiger partial charge in [-0.25, -0.2) is 4.98 Å². The Kier molecular flexibility index (Phi) is 9.32. The molecule has 8 heteroatoms. The summed E-state index contributed by atoms with van der Waals surface area (Å²) in [4.78, 5) is 4.08. The Labute approximate surface area is 183 Å². The number of hydrogen-bond donors (Lipinski definition) is 2. The largest absolute Gasteiger partial charge is 0.394 e. The molecule has 4 nitrogen and oxygen atoms in total. The van der Waals surface area contributed by atoms with E-state index in [0.29, 0.717) is 26.6 Å². The van der Waals surface area contributed by atoms with Crippen molar-refractivity contribution in [1.29, 1.82) is 0 Å². The highest BCUT2D eigenvalue weighted by Crippen LogP contribution is 2.31. The fourth-order valence-corrected chi connectivity index (χ4v) is 3.33. The van der Waals surface area contributed by atoms with E-state index in [1.807, 2.05) is 35.0 Å². The van der Waals surface area contributed by atoms with E-state index in [0.717, 1.165) is 16.7 Å². The van der Waals surface area contributed by atoms with Gasteiger partial charge in [0.05, 0.1) is 19.5 Å². The Hall–Kier alpha value is -1.53. The van der Waals surface area contributed by atoms with Gasteiger partial charge in [0.2, 0.25) is 0 Å². The number of imidazole rings is 1. The Bertz CT molecular complexity index is 926. The van der Waals surface area contributed by atoms with Crippen LogP contribution in [0.4, 0.5) is 0 Å². The first kappa shape index (κ1) is 22.8. The molecule has 0 unspecified atom stereocenters. The van der Waals surface area contributed by atoms with Crippen molar-refractivity contribution in [3.8, 4) is 0 Å². The number of allylic oxidation sites excluding steroid dienone is 1. The summed E-state index contributed by atoms with van der Waals surface area (Å²) in [5.74, 6) is 0. The third-order valence-corrected chi connectivity index (χ3v) is 4.69. The summed E-state index contributed by atoms with van der Waals surface area (Å²) in [6, 6.07) is 10.8. The molecule has 0 radical (unpaired) electrons. The number of benzene rings is 2. The van der Waals surface area contributed by atoms with Crippen LogP contribution in [0.15, 0.2) is 55.1 Å². The van der Waals surface area contributed by atoms with Crippen LogP contribution in [-0.4, -0.2) is 33.0 Å². The van der Waals surface area contributed by atoms with Crippen molar-refractivity contribution >= 4 is 58.1 Å². The molecule has 2 N–H and O–H groups in total. The fourth-order valence-electron chi connectivity index (χ4n) is 2.34. The molecule has 0 aliphatic heterocycles. The summed E-state index contributed by atoms with van der Waals surface area (Å²) in [6.07, 6.45) is 7.37. The van der Waals surface area contributed by atoms with Gasteiger partial charge in [0, 0.05) is 39.0 Å². The fraction of sp³-hybridized carbons (Fsp3) is 0.150. The van der Waals surface area contributed by atoms with Gasteiger partial charge >= 0.3 is 0 Å². The van der Waals surface area contributed by atoms with Crippen LogP contribution in [0.1, 0.15) is 11.1 Å². The van der Waals surface area contributed by atoms with E-state index in [9.17, 15) is 0 Å². The second-order valence-electron chi connectivity index (χ2n) is 5.64. The minimum Gasteiger partial charge on any atom is -0.394 e. The van der Waals surface area contributed by atoms with Gasteiger partial charge in [-0.1, -0.05) is 58.5 Å². The lowest BCUT2D eigenvalue weighted by atomic mass is 10.0. The molecule has 148 valence electrons. The highest BCUT2D eigenvalue weighted by molar-refractivity contribution is 6.36. The predicted octanol–water partition coefficient (Wildman–Crippen LogP) is 5.71. The molecule has 0 saturated carbocycles. The van der Waals surface area contributed by atoms with Gasteiger partial charge in [0.25, 0.3) is 0 Å². The lowest BCUT2D eigenvalue weighted by molar-refractivity contribution is 0.186. The zero-order chi connectivity index (χ0) is 20.5. The predicted molar refractivity (Wildman–Crippen MR) is 117 cm³/mol. The first-order chi connectivity index (χ1) is 13.4. The van der Waals surface area contributed by atoms with Crippen LogP contribution < -0.4 is 0 Å². The van der Waals surface area contributed by atoms with Crippen molar-refractivity contribution in [2.45, 2.75) is 6.54 Å². The van der Waals surface area contributed by atoms with E-state index in [1.54, 1.807) is 30.7 Å². The van der Waals surface area contributed by atoms with E-state index in [1.165, 1.54) is 0 Å². The summed E-state index contributed by atoms with van der Waals surface area (Å²) in [5.41, 5.74) is 2.74. The summed E-state index contributed by atoms with van der Waals surface area (Å²) < 4.78 is 1.96. The Morgan fingerprint density at radius 2 is 1.57 bits per heavy atom. The van der Waals surface area contributed by atoms with Crippen LogP contribution in [0.25, 0.3) is 11.6 Å². The number of aromatic nitrogens is 2. The molecule has 28 heavy (non-hydrogen) atoms. The number of rotatable bonds is 5. The minimum atomic E-state index is -0.125. The molecule has 0 aliphatic rings. The van der Waals surface area contributed by atoms with Crippen molar-refractivity contribution in [1.82, 2.24) is 9.55 Å². The molecular formula is C20H18Cl4N2O2. The van der Waals surface area contributed by atoms with Crippen molar-refractivity contribution in [2.24, 2.45) is 0 Å². The van der Waals surface area contributed by atoms with Crippen molar-refractivity contribution in [2.75, 3.05) is 13.2 Å². The number of hydrogen-bond acceptors (Lipinski definition) is 3. The summed E-state index contributed by atoms with van der Waals surface area (Å²) >= 11 is 24.7. The molecule has 0 bridgehead atoms. The minimum absolute atomic E-state index is 0.125. The van der Waals surface area contributed by atoms with Crippen LogP contribution >= 0.6 is 46.4 Å². The van der Waals surface area contributed by atoms with Crippen molar-refractivity contribution < 1.29 is 10.2 Å². The lowest BCUT2D eigenvalue weighted by Gasteiger charge is -2.12. The Morgan fingerprint density at radius 1 is 0.929 bits per heavy atom. The smallest absolute Gasteiger partial charge is 0.0949 e. The highest BCUT2D eigenvalue weighted by atomic mass is 35.5. The number of halogens is 4. The standard InChI is InChI=1S/C18H12Cl4N2.C2H6O2/c19-14-2-1-12(17(21)8-14)7-13(10-24-6-5-23-11-24)16-4-3-15(20)9-18(16)22;3-1-2-4/h1-9,11H,10H2;3-4H,1-2H2/b13-7-;. The average molecular weight is 460 g/mol. The van der Waals surface area contributed by atoms with Crippen LogP contribution in [-0.2, 0) is 6.54 Å². The van der Waals surface area contributed by atoms with Crippen molar-refractivity contribution in [3.05, 3.63) is 86.3 Å². The average Bonchev–Trinajstić information content (AvgIpc) is 3.17. The monoisotopic (exact) mass is 458 g/mol. The lowest BCUT2D eigenvalue weighted by Crippen LogP contribution is -1.99. The maximum Gasteiger partial charge on any atom is 0.0949 e. The van der Waals surface area contributed by atoms with Gasteiger partial charge in [-0.3, -0.25) is 0 Å². The first-order valence-corrected chi connectivity index (χ1v) is 9.74. The van der Waals surface area contributed by atoms with Gasteiger partial charge in [0.1, 0.15) is 0 Å². The zero-order valence-corrected chi connectivity index (χ0v) is 17.7. The third-order valence-electron chi connectivity index (χ3n) is 3.58. The number of aliphatic hydroxyl groups is 2. The Morgan fingerprint density at radius 3 is 2.11 bits per heavy atom. The topological polar surface area (TPSA) is 58.3 Å². The summed E-state index contributed by atoms with van der Waals surface area (Å²) in [7, 11) is 0. The molecule has 0 aliphatic carbocycles. The maximum absolute atomic E-state index is 7.62. The Balaban J connectivity index is 0.000000640. The van der Waals surface area contributed by atoms with Gasteiger partial charge in [0.15, 0.2) is 0 Å². The van der Waals surface area contributed by atoms with Gasteiger partial charge in [-0.15, -0.1) is 0 Å². The molecule has 0 fully saturated rings. The highest BCUT2D eigenvalue weighted by Gasteiger charge is 2.10. The third kappa shape index (κ3) is 6.82. The molecular weight excluding hydrogens is 442 g/mol. The van der Waals surface area contributed by atoms with Crippen molar-refractivity contribution in [3.63, 3.8) is 0 Å². The van der Waals surface area contributed by atoms with E-state index in [-0.39, 0.29) is 13.2 Å². The molecule has 1 heterocycles. The normalized spacial score (nSPS) is 11.1. The molecule has 0 atom stereocenters. The number of aliphatic hydroxyl groups excluding tert-OH is 2. The van der Waals surface area contributed by atoms with Gasteiger partial charge < -0.3 is 14.8 Å². The quantitative estimate of drug-likeness (QED) is 0.480. The molecule has 3 aromatic rings. The van der Waals surface area contributed by atoms with E-state index < -0.39 is 0 Å². The van der Waals surface area contributed by atoms with Crippen LogP contribution in [0.5, 0.6) is 0 Å². The van der Waals surface area contributed by atoms with E-state index >= 15 is 0 Å². The SMILES string of the molecule is Clc1ccc(/C=C(/Cn2ccnc2)c2ccc(Cl)cc2Cl)c(Cl)c1.OCCO. The maximum atomic E-state index is 7.62. The zero-order valence-electron chi connectivity index (χ0n) is 14.7. The molecule has 2 aromatic carbocycles. The van der Waals surface area contributed by atoms with Crippen LogP contribution in [0.2, 0.25) is 20.1 Å². The van der Waals surface area contributed by atoms with Crippen LogP contribution in [0.3, 0.4) is 0 Å². The summed E-state index contributed by atoms with van der Waals surface area (Å²) in [6.45, 7) is 0.348. The second-order valence-corrected chi connectivity index (χ2v) is 7.33. The molecule has 0 saturated heterocycles. The molecule has 0 amide bonds. The van der Waals surface area contributed by atoms with Gasteiger partial charge in [-0.2, -0.15) is 0 Å². The first-order valence-electron chi connectivity index (χ1n) is 8.23. The number of nitrogens with zero attached hydrogens (tertiary/aromatic N) is 2. The summed E-state index contributed by atoms with van der Waals surface area (Å²) in [5, 5.41) is 17.6. The van der Waals surface area contributed by atoms with E-state index in [4.69, 9.17) is 56.6 Å². The van der Waals surface area contributed by atoms with Gasteiger partial charge in [-0.05, 0) is 47.0 Å². The second kappa shape index (κ2) is 11.5. The van der Waals surface area contributed by atoms with E-state index in [2.05, 4.69) is 4.98 Å². The molecule has 0 spiro atoms. The van der Waals surface area contributed by atoms with Crippen LogP contribution in [0, 0.1) is 0 Å². The molecule has 3 rings (SSSR count).